The van der Waals surface area contributed by atoms with Crippen molar-refractivity contribution in [2.24, 2.45) is 0 Å². The van der Waals surface area contributed by atoms with Crippen molar-refractivity contribution in [2.45, 2.75) is 39.2 Å². The van der Waals surface area contributed by atoms with Gasteiger partial charge in [-0.2, -0.15) is 4.98 Å². The summed E-state index contributed by atoms with van der Waals surface area (Å²) in [6.07, 6.45) is 2.45. The van der Waals surface area contributed by atoms with E-state index in [0.29, 0.717) is 24.5 Å². The van der Waals surface area contributed by atoms with Gasteiger partial charge in [-0.3, -0.25) is 4.31 Å². The number of aryl methyl sites for hydroxylation is 1. The van der Waals surface area contributed by atoms with E-state index in [1.165, 1.54) is 4.31 Å². The van der Waals surface area contributed by atoms with E-state index >= 15 is 0 Å². The van der Waals surface area contributed by atoms with Gasteiger partial charge in [0.15, 0.2) is 5.82 Å². The first-order chi connectivity index (χ1) is 11.5. The van der Waals surface area contributed by atoms with Gasteiger partial charge in [-0.05, 0) is 44.0 Å². The fourth-order valence-corrected chi connectivity index (χ4v) is 4.30. The quantitative estimate of drug-likeness (QED) is 0.862. The molecule has 0 saturated carbocycles. The molecule has 1 unspecified atom stereocenters. The summed E-state index contributed by atoms with van der Waals surface area (Å²) < 4.78 is 30.6. The van der Waals surface area contributed by atoms with Crippen molar-refractivity contribution in [3.63, 3.8) is 0 Å². The first-order valence-electron chi connectivity index (χ1n) is 8.19. The highest BCUT2D eigenvalue weighted by Crippen LogP contribution is 2.26. The van der Waals surface area contributed by atoms with Gasteiger partial charge in [0.05, 0.1) is 11.4 Å². The third-order valence-electron chi connectivity index (χ3n) is 3.97. The second-order valence-corrected chi connectivity index (χ2v) is 7.97. The van der Waals surface area contributed by atoms with Crippen molar-refractivity contribution in [2.75, 3.05) is 21.9 Å². The Bertz CT molecular complexity index is 786. The van der Waals surface area contributed by atoms with Gasteiger partial charge in [0.1, 0.15) is 6.04 Å². The van der Waals surface area contributed by atoms with E-state index in [1.54, 1.807) is 0 Å². The maximum atomic E-state index is 11.9. The van der Waals surface area contributed by atoms with Crippen molar-refractivity contribution >= 4 is 21.4 Å². The zero-order valence-electron chi connectivity index (χ0n) is 13.9. The molecule has 1 aromatic carbocycles. The van der Waals surface area contributed by atoms with E-state index in [9.17, 15) is 8.42 Å². The minimum Gasteiger partial charge on any atom is -0.374 e. The van der Waals surface area contributed by atoms with Crippen molar-refractivity contribution in [1.29, 1.82) is 0 Å². The van der Waals surface area contributed by atoms with Crippen LogP contribution in [0.4, 0.5) is 11.4 Å². The highest BCUT2D eigenvalue weighted by molar-refractivity contribution is 7.93. The SMILES string of the molecule is CCCc1noc(C(C)Nc2ccc(N3CCCS3(=O)=O)cc2)n1. The summed E-state index contributed by atoms with van der Waals surface area (Å²) in [6, 6.07) is 7.23. The molecule has 130 valence electrons. The standard InChI is InChI=1S/C16H22N4O3S/c1-3-5-15-18-16(23-19-15)12(2)17-13-6-8-14(9-7-13)20-10-4-11-24(20,21)22/h6-9,12,17H,3-5,10-11H2,1-2H3. The molecule has 1 atom stereocenters. The Kier molecular flexibility index (Phi) is 4.75. The minimum absolute atomic E-state index is 0.121. The molecule has 1 N–H and O–H groups in total. The number of nitrogens with one attached hydrogen (secondary N) is 1. The van der Waals surface area contributed by atoms with E-state index in [1.807, 2.05) is 31.2 Å². The maximum Gasteiger partial charge on any atom is 0.248 e. The largest absolute Gasteiger partial charge is 0.374 e. The highest BCUT2D eigenvalue weighted by atomic mass is 32.2. The van der Waals surface area contributed by atoms with E-state index in [-0.39, 0.29) is 11.8 Å². The zero-order valence-corrected chi connectivity index (χ0v) is 14.7. The van der Waals surface area contributed by atoms with E-state index in [0.717, 1.165) is 24.4 Å². The van der Waals surface area contributed by atoms with Gasteiger partial charge in [-0.15, -0.1) is 0 Å². The third kappa shape index (κ3) is 3.53. The maximum absolute atomic E-state index is 11.9. The van der Waals surface area contributed by atoms with Crippen LogP contribution in [0, 0.1) is 0 Å². The van der Waals surface area contributed by atoms with Gasteiger partial charge in [-0.25, -0.2) is 8.42 Å². The lowest BCUT2D eigenvalue weighted by atomic mass is 10.2. The van der Waals surface area contributed by atoms with Crippen LogP contribution in [0.5, 0.6) is 0 Å². The molecule has 0 amide bonds. The Hall–Kier alpha value is -2.09. The lowest BCUT2D eigenvalue weighted by Gasteiger charge is -2.18. The Morgan fingerprint density at radius 3 is 2.71 bits per heavy atom. The van der Waals surface area contributed by atoms with Crippen LogP contribution in [0.1, 0.15) is 44.4 Å². The fourth-order valence-electron chi connectivity index (χ4n) is 2.73. The molecule has 1 aliphatic rings. The summed E-state index contributed by atoms with van der Waals surface area (Å²) in [4.78, 5) is 4.37. The smallest absolute Gasteiger partial charge is 0.248 e. The Balaban J connectivity index is 1.67. The summed E-state index contributed by atoms with van der Waals surface area (Å²) in [7, 11) is -3.14. The predicted octanol–water partition coefficient (Wildman–Crippen LogP) is 2.74. The molecule has 1 fully saturated rings. The molecule has 0 bridgehead atoms. The van der Waals surface area contributed by atoms with E-state index in [2.05, 4.69) is 22.4 Å². The van der Waals surface area contributed by atoms with Gasteiger partial charge in [0.25, 0.3) is 0 Å². The Morgan fingerprint density at radius 1 is 1.33 bits per heavy atom. The average Bonchev–Trinajstić information content (AvgIpc) is 3.15. The molecule has 0 spiro atoms. The lowest BCUT2D eigenvalue weighted by Crippen LogP contribution is -2.24. The van der Waals surface area contributed by atoms with Crippen LogP contribution in [0.2, 0.25) is 0 Å². The van der Waals surface area contributed by atoms with Crippen molar-refractivity contribution in [1.82, 2.24) is 10.1 Å². The molecule has 1 saturated heterocycles. The van der Waals surface area contributed by atoms with Crippen molar-refractivity contribution in [3.8, 4) is 0 Å². The number of aromatic nitrogens is 2. The third-order valence-corrected chi connectivity index (χ3v) is 5.84. The first-order valence-corrected chi connectivity index (χ1v) is 9.80. The molecular formula is C16H22N4O3S. The summed E-state index contributed by atoms with van der Waals surface area (Å²) in [5.41, 5.74) is 1.58. The molecule has 7 nitrogen and oxygen atoms in total. The number of rotatable bonds is 6. The summed E-state index contributed by atoms with van der Waals surface area (Å²) in [6.45, 7) is 4.57. The summed E-state index contributed by atoms with van der Waals surface area (Å²) >= 11 is 0. The molecular weight excluding hydrogens is 328 g/mol. The number of hydrogen-bond acceptors (Lipinski definition) is 6. The summed E-state index contributed by atoms with van der Waals surface area (Å²) in [5.74, 6) is 1.49. The van der Waals surface area contributed by atoms with Gasteiger partial charge < -0.3 is 9.84 Å². The van der Waals surface area contributed by atoms with Gasteiger partial charge in [0, 0.05) is 18.7 Å². The monoisotopic (exact) mass is 350 g/mol. The van der Waals surface area contributed by atoms with Crippen molar-refractivity contribution in [3.05, 3.63) is 36.0 Å². The number of nitrogens with zero attached hydrogens (tertiary/aromatic N) is 3. The number of hydrogen-bond donors (Lipinski definition) is 1. The first kappa shape index (κ1) is 16.8. The predicted molar refractivity (Wildman–Crippen MR) is 92.5 cm³/mol. The second-order valence-electron chi connectivity index (χ2n) is 5.95. The average molecular weight is 350 g/mol. The highest BCUT2D eigenvalue weighted by Gasteiger charge is 2.28. The minimum atomic E-state index is -3.14. The summed E-state index contributed by atoms with van der Waals surface area (Å²) in [5, 5.41) is 7.24. The molecule has 2 aromatic rings. The molecule has 2 heterocycles. The molecule has 0 aliphatic carbocycles. The Morgan fingerprint density at radius 2 is 2.08 bits per heavy atom. The van der Waals surface area contributed by atoms with E-state index < -0.39 is 10.0 Å². The topological polar surface area (TPSA) is 88.3 Å². The molecule has 0 radical (unpaired) electrons. The van der Waals surface area contributed by atoms with Crippen LogP contribution >= 0.6 is 0 Å². The van der Waals surface area contributed by atoms with E-state index in [4.69, 9.17) is 4.52 Å². The van der Waals surface area contributed by atoms with Gasteiger partial charge in [0.2, 0.25) is 15.9 Å². The lowest BCUT2D eigenvalue weighted by molar-refractivity contribution is 0.362. The van der Waals surface area contributed by atoms with Crippen LogP contribution < -0.4 is 9.62 Å². The van der Waals surface area contributed by atoms with Crippen LogP contribution in [0.3, 0.4) is 0 Å². The van der Waals surface area contributed by atoms with Crippen LogP contribution in [0.25, 0.3) is 0 Å². The fraction of sp³-hybridized carbons (Fsp3) is 0.500. The van der Waals surface area contributed by atoms with Gasteiger partial charge in [-0.1, -0.05) is 12.1 Å². The molecule has 1 aromatic heterocycles. The van der Waals surface area contributed by atoms with Crippen LogP contribution in [-0.4, -0.2) is 30.9 Å². The molecule has 24 heavy (non-hydrogen) atoms. The normalized spacial score (nSPS) is 17.8. The van der Waals surface area contributed by atoms with Gasteiger partial charge >= 0.3 is 0 Å². The second kappa shape index (κ2) is 6.80. The number of anilines is 2. The van der Waals surface area contributed by atoms with Crippen molar-refractivity contribution < 1.29 is 12.9 Å². The Labute approximate surface area is 142 Å². The number of sulfonamides is 1. The molecule has 3 rings (SSSR count). The zero-order chi connectivity index (χ0) is 17.2. The van der Waals surface area contributed by atoms with Crippen LogP contribution in [0.15, 0.2) is 28.8 Å². The molecule has 1 aliphatic heterocycles. The molecule has 8 heteroatoms. The van der Waals surface area contributed by atoms with Crippen LogP contribution in [-0.2, 0) is 16.4 Å². The number of benzene rings is 1.